The number of carbonyl (C=O) groups is 1. The molecule has 3 aromatic rings. The Balaban J connectivity index is 1.73. The lowest BCUT2D eigenvalue weighted by molar-refractivity contribution is -0.116. The van der Waals surface area contributed by atoms with E-state index in [1.807, 2.05) is 0 Å². The Morgan fingerprint density at radius 2 is 1.90 bits per heavy atom. The first-order chi connectivity index (χ1) is 13.9. The number of hydrogen-bond donors (Lipinski definition) is 1. The molecule has 0 radical (unpaired) electrons. The molecule has 1 aromatic heterocycles. The van der Waals surface area contributed by atoms with Gasteiger partial charge in [0.2, 0.25) is 15.9 Å². The molecule has 0 saturated heterocycles. The fourth-order valence-electron chi connectivity index (χ4n) is 3.09. The van der Waals surface area contributed by atoms with Gasteiger partial charge < -0.3 is 9.88 Å². The van der Waals surface area contributed by atoms with Crippen LogP contribution in [0.2, 0.25) is 0 Å². The van der Waals surface area contributed by atoms with Gasteiger partial charge in [-0.1, -0.05) is 26.0 Å². The van der Waals surface area contributed by atoms with E-state index in [4.69, 9.17) is 0 Å². The van der Waals surface area contributed by atoms with Crippen LogP contribution in [0.25, 0.3) is 11.0 Å². The predicted molar refractivity (Wildman–Crippen MR) is 109 cm³/mol. The molecule has 154 valence electrons. The van der Waals surface area contributed by atoms with Gasteiger partial charge in [-0.15, -0.1) is 0 Å². The molecule has 1 N–H and O–H groups in total. The predicted octanol–water partition coefficient (Wildman–Crippen LogP) is 3.23. The Bertz CT molecular complexity index is 1120. The molecular weight excluding hydrogens is 395 g/mol. The van der Waals surface area contributed by atoms with Gasteiger partial charge in [-0.05, 0) is 30.3 Å². The summed E-state index contributed by atoms with van der Waals surface area (Å²) in [6, 6.07) is 10.8. The van der Waals surface area contributed by atoms with Gasteiger partial charge in [0.15, 0.2) is 0 Å². The molecular formula is C20H23FN4O3S. The summed E-state index contributed by atoms with van der Waals surface area (Å²) in [4.78, 5) is 16.6. The number of nitrogens with one attached hydrogen (secondary N) is 1. The number of fused-ring (bicyclic) bond motifs is 1. The van der Waals surface area contributed by atoms with Crippen LogP contribution in [0.15, 0.2) is 53.7 Å². The normalized spacial score (nSPS) is 11.9. The molecule has 0 bridgehead atoms. The molecule has 1 amide bonds. The number of amides is 1. The van der Waals surface area contributed by atoms with Crippen molar-refractivity contribution < 1.29 is 17.6 Å². The third-order valence-electron chi connectivity index (χ3n) is 4.66. The molecule has 2 aromatic carbocycles. The number of anilines is 1. The molecule has 7 nitrogen and oxygen atoms in total. The molecule has 0 spiro atoms. The van der Waals surface area contributed by atoms with E-state index in [1.54, 1.807) is 55.1 Å². The minimum absolute atomic E-state index is 0.124. The second-order valence-corrected chi connectivity index (χ2v) is 8.39. The van der Waals surface area contributed by atoms with E-state index in [-0.39, 0.29) is 22.9 Å². The fraction of sp³-hybridized carbons (Fsp3) is 0.300. The zero-order valence-electron chi connectivity index (χ0n) is 16.3. The number of halogens is 1. The van der Waals surface area contributed by atoms with Gasteiger partial charge in [-0.2, -0.15) is 4.31 Å². The summed E-state index contributed by atoms with van der Waals surface area (Å²) in [6.45, 7) is 4.70. The average molecular weight is 418 g/mol. The van der Waals surface area contributed by atoms with Crippen molar-refractivity contribution in [3.8, 4) is 0 Å². The summed E-state index contributed by atoms with van der Waals surface area (Å²) in [5.41, 5.74) is 1.40. The van der Waals surface area contributed by atoms with Crippen LogP contribution in [-0.2, 0) is 21.4 Å². The van der Waals surface area contributed by atoms with E-state index in [1.165, 1.54) is 16.4 Å². The Labute approximate surface area is 169 Å². The van der Waals surface area contributed by atoms with Gasteiger partial charge in [-0.3, -0.25) is 4.79 Å². The van der Waals surface area contributed by atoms with E-state index in [0.717, 1.165) is 5.52 Å². The summed E-state index contributed by atoms with van der Waals surface area (Å²) in [5, 5.41) is 2.54. The molecule has 0 saturated carbocycles. The topological polar surface area (TPSA) is 84.3 Å². The van der Waals surface area contributed by atoms with Crippen LogP contribution >= 0.6 is 0 Å². The summed E-state index contributed by atoms with van der Waals surface area (Å²) in [7, 11) is -3.56. The van der Waals surface area contributed by atoms with Crippen molar-refractivity contribution in [3.63, 3.8) is 0 Å². The van der Waals surface area contributed by atoms with Crippen LogP contribution in [0.5, 0.6) is 0 Å². The lowest BCUT2D eigenvalue weighted by Gasteiger charge is -2.18. The quantitative estimate of drug-likeness (QED) is 0.609. The number of aromatic nitrogens is 2. The zero-order valence-corrected chi connectivity index (χ0v) is 17.1. The molecule has 3 rings (SSSR count). The minimum atomic E-state index is -3.56. The van der Waals surface area contributed by atoms with E-state index < -0.39 is 15.8 Å². The largest absolute Gasteiger partial charge is 0.330 e. The minimum Gasteiger partial charge on any atom is -0.330 e. The van der Waals surface area contributed by atoms with Crippen LogP contribution < -0.4 is 5.32 Å². The standard InChI is InChI=1S/C20H23FN4O3S/c1-3-25(4-2)29(27,28)15-9-10-19-18(13-15)22-14-24(19)12-11-20(26)23-17-8-6-5-7-16(17)21/h5-10,13-14H,3-4,11-12H2,1-2H3,(H,23,26). The molecule has 0 aliphatic heterocycles. The average Bonchev–Trinajstić information content (AvgIpc) is 3.11. The molecule has 0 aliphatic carbocycles. The third kappa shape index (κ3) is 4.46. The van der Waals surface area contributed by atoms with Crippen LogP contribution in [0.3, 0.4) is 0 Å². The first-order valence-corrected chi connectivity index (χ1v) is 10.8. The van der Waals surface area contributed by atoms with E-state index >= 15 is 0 Å². The number of benzene rings is 2. The highest BCUT2D eigenvalue weighted by atomic mass is 32.2. The maximum absolute atomic E-state index is 13.6. The Kier molecular flexibility index (Phi) is 6.29. The van der Waals surface area contributed by atoms with Crippen molar-refractivity contribution in [2.75, 3.05) is 18.4 Å². The number of nitrogens with zero attached hydrogens (tertiary/aromatic N) is 3. The lowest BCUT2D eigenvalue weighted by Crippen LogP contribution is -2.30. The maximum atomic E-state index is 13.6. The summed E-state index contributed by atoms with van der Waals surface area (Å²) >= 11 is 0. The first-order valence-electron chi connectivity index (χ1n) is 9.36. The molecule has 0 fully saturated rings. The van der Waals surface area contributed by atoms with Crippen molar-refractivity contribution in [1.29, 1.82) is 0 Å². The fourth-order valence-corrected chi connectivity index (χ4v) is 4.57. The van der Waals surface area contributed by atoms with Gasteiger partial charge >= 0.3 is 0 Å². The molecule has 0 unspecified atom stereocenters. The van der Waals surface area contributed by atoms with Gasteiger partial charge in [-0.25, -0.2) is 17.8 Å². The molecule has 1 heterocycles. The number of rotatable bonds is 8. The Morgan fingerprint density at radius 1 is 1.17 bits per heavy atom. The molecule has 9 heteroatoms. The number of aryl methyl sites for hydroxylation is 1. The number of imidazole rings is 1. The second-order valence-electron chi connectivity index (χ2n) is 6.46. The first kappa shape index (κ1) is 20.9. The number of sulfonamides is 1. The Morgan fingerprint density at radius 3 is 2.59 bits per heavy atom. The van der Waals surface area contributed by atoms with E-state index in [9.17, 15) is 17.6 Å². The van der Waals surface area contributed by atoms with Crippen molar-refractivity contribution >= 4 is 32.7 Å². The highest BCUT2D eigenvalue weighted by Crippen LogP contribution is 2.21. The SMILES string of the molecule is CCN(CC)S(=O)(=O)c1ccc2c(c1)ncn2CCC(=O)Nc1ccccc1F. The lowest BCUT2D eigenvalue weighted by atomic mass is 10.3. The molecule has 0 atom stereocenters. The van der Waals surface area contributed by atoms with Crippen molar-refractivity contribution in [1.82, 2.24) is 13.9 Å². The number of hydrogen-bond acceptors (Lipinski definition) is 4. The van der Waals surface area contributed by atoms with Crippen LogP contribution in [0, 0.1) is 5.82 Å². The van der Waals surface area contributed by atoms with Crippen molar-refractivity contribution in [2.24, 2.45) is 0 Å². The summed E-state index contributed by atoms with van der Waals surface area (Å²) < 4.78 is 42.1. The zero-order chi connectivity index (χ0) is 21.0. The second kappa shape index (κ2) is 8.71. The van der Waals surface area contributed by atoms with Gasteiger partial charge in [0.1, 0.15) is 5.82 Å². The van der Waals surface area contributed by atoms with Gasteiger partial charge in [0, 0.05) is 26.1 Å². The molecule has 29 heavy (non-hydrogen) atoms. The van der Waals surface area contributed by atoms with Crippen LogP contribution in [0.1, 0.15) is 20.3 Å². The van der Waals surface area contributed by atoms with E-state index in [2.05, 4.69) is 10.3 Å². The highest BCUT2D eigenvalue weighted by molar-refractivity contribution is 7.89. The highest BCUT2D eigenvalue weighted by Gasteiger charge is 2.22. The van der Waals surface area contributed by atoms with Crippen LogP contribution in [-0.4, -0.2) is 41.3 Å². The van der Waals surface area contributed by atoms with Gasteiger partial charge in [0.25, 0.3) is 0 Å². The monoisotopic (exact) mass is 418 g/mol. The van der Waals surface area contributed by atoms with Crippen molar-refractivity contribution in [2.45, 2.75) is 31.7 Å². The molecule has 0 aliphatic rings. The van der Waals surface area contributed by atoms with Crippen LogP contribution in [0.4, 0.5) is 10.1 Å². The summed E-state index contributed by atoms with van der Waals surface area (Å²) in [5.74, 6) is -0.812. The third-order valence-corrected chi connectivity index (χ3v) is 6.71. The Hall–Kier alpha value is -2.78. The van der Waals surface area contributed by atoms with Gasteiger partial charge in [0.05, 0.1) is 27.9 Å². The van der Waals surface area contributed by atoms with Crippen molar-refractivity contribution in [3.05, 3.63) is 54.6 Å². The number of carbonyl (C=O) groups excluding carboxylic acids is 1. The number of para-hydroxylation sites is 1. The smallest absolute Gasteiger partial charge is 0.243 e. The van der Waals surface area contributed by atoms with E-state index in [0.29, 0.717) is 25.2 Å². The summed E-state index contributed by atoms with van der Waals surface area (Å²) in [6.07, 6.45) is 1.69. The maximum Gasteiger partial charge on any atom is 0.243 e.